The lowest BCUT2D eigenvalue weighted by Gasteiger charge is -2.44. The van der Waals surface area contributed by atoms with Gasteiger partial charge < -0.3 is 19.8 Å². The van der Waals surface area contributed by atoms with Crippen molar-refractivity contribution in [1.82, 2.24) is 15.2 Å². The predicted octanol–water partition coefficient (Wildman–Crippen LogP) is 1.85. The fourth-order valence-corrected chi connectivity index (χ4v) is 4.00. The summed E-state index contributed by atoms with van der Waals surface area (Å²) in [7, 11) is 1.57. The summed E-state index contributed by atoms with van der Waals surface area (Å²) in [5.41, 5.74) is 0.995. The Balaban J connectivity index is 1.71. The average Bonchev–Trinajstić information content (AvgIpc) is 3.18. The number of aromatic amines is 1. The molecule has 0 radical (unpaired) electrons. The second-order valence-electron chi connectivity index (χ2n) is 7.18. The van der Waals surface area contributed by atoms with Crippen molar-refractivity contribution in [3.05, 3.63) is 48.3 Å². The van der Waals surface area contributed by atoms with Crippen molar-refractivity contribution >= 4 is 22.7 Å². The van der Waals surface area contributed by atoms with Crippen LogP contribution >= 0.6 is 0 Å². The van der Waals surface area contributed by atoms with E-state index in [1.54, 1.807) is 19.5 Å². The Kier molecular flexibility index (Phi) is 4.64. The van der Waals surface area contributed by atoms with E-state index in [0.717, 1.165) is 16.6 Å². The van der Waals surface area contributed by atoms with Crippen LogP contribution in [-0.2, 0) is 11.2 Å². The van der Waals surface area contributed by atoms with Gasteiger partial charge in [-0.25, -0.2) is 4.98 Å². The number of hydrogen-bond acceptors (Lipinski definition) is 6. The lowest BCUT2D eigenvalue weighted by atomic mass is 9.72. The second-order valence-corrected chi connectivity index (χ2v) is 7.18. The molecule has 1 fully saturated rings. The van der Waals surface area contributed by atoms with E-state index in [-0.39, 0.29) is 13.0 Å². The van der Waals surface area contributed by atoms with Gasteiger partial charge in [0.25, 0.3) is 0 Å². The van der Waals surface area contributed by atoms with Crippen LogP contribution in [-0.4, -0.2) is 57.7 Å². The van der Waals surface area contributed by atoms with Gasteiger partial charge in [-0.15, -0.1) is 0 Å². The number of aromatic nitrogens is 3. The van der Waals surface area contributed by atoms with Gasteiger partial charge in [0.2, 0.25) is 0 Å². The number of rotatable bonds is 5. The standard InChI is InChI=1S/C20H22N4O4/c1-28-14-4-2-3-13(9-14)10-20(19(26)27)12-24(8-6-17(20)25)16-5-7-21-18-15(16)11-22-23-18/h2-5,7,9,11,17,25H,6,8,10,12H2,1H3,(H,26,27)(H,21,22,23)/t17-,20+/m0/s1. The van der Waals surface area contributed by atoms with Crippen LogP contribution in [0.3, 0.4) is 0 Å². The Hall–Kier alpha value is -3.13. The van der Waals surface area contributed by atoms with E-state index in [9.17, 15) is 15.0 Å². The van der Waals surface area contributed by atoms with Gasteiger partial charge in [-0.1, -0.05) is 12.1 Å². The number of benzene rings is 1. The molecule has 3 heterocycles. The summed E-state index contributed by atoms with van der Waals surface area (Å²) in [5, 5.41) is 28.6. The second kappa shape index (κ2) is 7.12. The van der Waals surface area contributed by atoms with Gasteiger partial charge >= 0.3 is 5.97 Å². The number of aliphatic hydroxyl groups excluding tert-OH is 1. The number of hydrogen-bond donors (Lipinski definition) is 3. The van der Waals surface area contributed by atoms with E-state index in [1.807, 2.05) is 35.2 Å². The third-order valence-electron chi connectivity index (χ3n) is 5.53. The van der Waals surface area contributed by atoms with Crippen LogP contribution in [0, 0.1) is 5.41 Å². The van der Waals surface area contributed by atoms with Crippen LogP contribution in [0.1, 0.15) is 12.0 Å². The number of piperidine rings is 1. The summed E-state index contributed by atoms with van der Waals surface area (Å²) >= 11 is 0. The molecule has 0 spiro atoms. The molecule has 1 aliphatic rings. The molecular formula is C20H22N4O4. The molecule has 8 heteroatoms. The van der Waals surface area contributed by atoms with Crippen molar-refractivity contribution in [2.45, 2.75) is 18.9 Å². The van der Waals surface area contributed by atoms with E-state index in [1.165, 1.54) is 0 Å². The van der Waals surface area contributed by atoms with Crippen LogP contribution in [0.25, 0.3) is 11.0 Å². The SMILES string of the molecule is COc1cccc(C[C@@]2(C(=O)O)CN(c3ccnc4[nH]ncc34)CC[C@@H]2O)c1. The number of H-pyrrole nitrogens is 1. The Morgan fingerprint density at radius 3 is 3.07 bits per heavy atom. The highest BCUT2D eigenvalue weighted by atomic mass is 16.5. The normalized spacial score (nSPS) is 22.4. The zero-order chi connectivity index (χ0) is 19.7. The van der Waals surface area contributed by atoms with Crippen molar-refractivity contribution in [2.24, 2.45) is 5.41 Å². The molecule has 0 saturated carbocycles. The molecule has 3 N–H and O–H groups in total. The maximum atomic E-state index is 12.4. The van der Waals surface area contributed by atoms with Crippen LogP contribution in [0.4, 0.5) is 5.69 Å². The molecule has 3 aromatic rings. The van der Waals surface area contributed by atoms with Crippen molar-refractivity contribution in [1.29, 1.82) is 0 Å². The lowest BCUT2D eigenvalue weighted by molar-refractivity contribution is -0.157. The molecule has 8 nitrogen and oxygen atoms in total. The molecular weight excluding hydrogens is 360 g/mol. The van der Waals surface area contributed by atoms with Gasteiger partial charge in [0.1, 0.15) is 11.2 Å². The molecule has 0 bridgehead atoms. The molecule has 0 unspecified atom stereocenters. The summed E-state index contributed by atoms with van der Waals surface area (Å²) in [6.07, 6.45) is 2.97. The third kappa shape index (κ3) is 3.05. The van der Waals surface area contributed by atoms with E-state index in [2.05, 4.69) is 15.2 Å². The average molecular weight is 382 g/mol. The maximum absolute atomic E-state index is 12.4. The van der Waals surface area contributed by atoms with E-state index in [0.29, 0.717) is 24.4 Å². The number of nitrogens with one attached hydrogen (secondary N) is 1. The van der Waals surface area contributed by atoms with Crippen LogP contribution < -0.4 is 9.64 Å². The first-order valence-electron chi connectivity index (χ1n) is 9.11. The largest absolute Gasteiger partial charge is 0.497 e. The summed E-state index contributed by atoms with van der Waals surface area (Å²) in [4.78, 5) is 18.6. The van der Waals surface area contributed by atoms with Gasteiger partial charge in [-0.05, 0) is 36.6 Å². The number of carboxylic acid groups (broad SMARTS) is 1. The third-order valence-corrected chi connectivity index (χ3v) is 5.53. The number of carboxylic acids is 1. The minimum Gasteiger partial charge on any atom is -0.497 e. The first-order valence-corrected chi connectivity index (χ1v) is 9.11. The number of nitrogens with zero attached hydrogens (tertiary/aromatic N) is 3. The number of pyridine rings is 1. The summed E-state index contributed by atoms with van der Waals surface area (Å²) in [5.74, 6) is -0.348. The van der Waals surface area contributed by atoms with Crippen LogP contribution in [0.15, 0.2) is 42.7 Å². The maximum Gasteiger partial charge on any atom is 0.314 e. The molecule has 1 saturated heterocycles. The zero-order valence-electron chi connectivity index (χ0n) is 15.5. The van der Waals surface area contributed by atoms with Crippen LogP contribution in [0.2, 0.25) is 0 Å². The monoisotopic (exact) mass is 382 g/mol. The molecule has 4 rings (SSSR count). The summed E-state index contributed by atoms with van der Waals surface area (Å²) in [6, 6.07) is 9.17. The van der Waals surface area contributed by atoms with Gasteiger partial charge in [-0.2, -0.15) is 5.10 Å². The fraction of sp³-hybridized carbons (Fsp3) is 0.350. The minimum absolute atomic E-state index is 0.186. The van der Waals surface area contributed by atoms with Crippen molar-refractivity contribution in [3.8, 4) is 5.75 Å². The Morgan fingerprint density at radius 1 is 1.43 bits per heavy atom. The van der Waals surface area contributed by atoms with E-state index >= 15 is 0 Å². The molecule has 0 aliphatic carbocycles. The lowest BCUT2D eigenvalue weighted by Crippen LogP contribution is -2.57. The molecule has 2 atom stereocenters. The van der Waals surface area contributed by atoms with E-state index < -0.39 is 17.5 Å². The molecule has 146 valence electrons. The number of fused-ring (bicyclic) bond motifs is 1. The van der Waals surface area contributed by atoms with Crippen LogP contribution in [0.5, 0.6) is 5.75 Å². The number of anilines is 1. The van der Waals surface area contributed by atoms with E-state index in [4.69, 9.17) is 4.74 Å². The summed E-state index contributed by atoms with van der Waals surface area (Å²) < 4.78 is 5.26. The highest BCUT2D eigenvalue weighted by Crippen LogP contribution is 2.38. The quantitative estimate of drug-likeness (QED) is 0.617. The first-order chi connectivity index (χ1) is 13.5. The van der Waals surface area contributed by atoms with Gasteiger partial charge in [-0.3, -0.25) is 9.89 Å². The zero-order valence-corrected chi connectivity index (χ0v) is 15.5. The number of ether oxygens (including phenoxy) is 1. The van der Waals surface area contributed by atoms with Crippen molar-refractivity contribution in [3.63, 3.8) is 0 Å². The highest BCUT2D eigenvalue weighted by molar-refractivity contribution is 5.89. The Morgan fingerprint density at radius 2 is 2.29 bits per heavy atom. The first kappa shape index (κ1) is 18.2. The predicted molar refractivity (Wildman–Crippen MR) is 103 cm³/mol. The van der Waals surface area contributed by atoms with Gasteiger partial charge in [0.15, 0.2) is 5.65 Å². The Bertz CT molecular complexity index is 1000. The van der Waals surface area contributed by atoms with Crippen molar-refractivity contribution < 1.29 is 19.7 Å². The van der Waals surface area contributed by atoms with Gasteiger partial charge in [0, 0.05) is 19.3 Å². The molecule has 1 aliphatic heterocycles. The number of aliphatic hydroxyl groups is 1. The fourth-order valence-electron chi connectivity index (χ4n) is 4.00. The minimum atomic E-state index is -1.33. The number of carbonyl (C=O) groups is 1. The van der Waals surface area contributed by atoms with Gasteiger partial charge in [0.05, 0.1) is 30.5 Å². The smallest absolute Gasteiger partial charge is 0.314 e. The number of methoxy groups -OCH3 is 1. The Labute approximate surface area is 161 Å². The molecule has 1 aromatic carbocycles. The number of aliphatic carboxylic acids is 1. The summed E-state index contributed by atoms with van der Waals surface area (Å²) in [6.45, 7) is 0.740. The van der Waals surface area contributed by atoms with Crippen molar-refractivity contribution in [2.75, 3.05) is 25.1 Å². The molecule has 0 amide bonds. The molecule has 2 aromatic heterocycles. The highest BCUT2D eigenvalue weighted by Gasteiger charge is 2.49. The molecule has 28 heavy (non-hydrogen) atoms. The topological polar surface area (TPSA) is 112 Å².